The molecule has 3 heterocycles. The minimum absolute atomic E-state index is 0.210. The van der Waals surface area contributed by atoms with Gasteiger partial charge in [-0.3, -0.25) is 4.57 Å². The Labute approximate surface area is 188 Å². The number of fused-ring (bicyclic) bond motifs is 3. The van der Waals surface area contributed by atoms with Crippen molar-refractivity contribution in [1.82, 2.24) is 25.1 Å². The van der Waals surface area contributed by atoms with Gasteiger partial charge >= 0.3 is 0 Å². The molecule has 0 amide bonds. The number of halogens is 1. The second kappa shape index (κ2) is 8.97. The number of likely N-dealkylation sites (N-methyl/N-ethyl adjacent to an activating group) is 1. The van der Waals surface area contributed by atoms with E-state index in [2.05, 4.69) is 44.1 Å². The molecule has 0 bridgehead atoms. The summed E-state index contributed by atoms with van der Waals surface area (Å²) < 4.78 is 8.39. The van der Waals surface area contributed by atoms with Gasteiger partial charge in [0.05, 0.1) is 5.69 Å². The molecule has 0 spiro atoms. The Morgan fingerprint density at radius 2 is 1.97 bits per heavy atom. The predicted molar refractivity (Wildman–Crippen MR) is 121 cm³/mol. The first kappa shape index (κ1) is 20.5. The average molecular weight is 438 g/mol. The summed E-state index contributed by atoms with van der Waals surface area (Å²) in [5.74, 6) is 3.20. The molecule has 1 aliphatic heterocycles. The zero-order valence-electron chi connectivity index (χ0n) is 17.8. The minimum atomic E-state index is 0.210. The summed E-state index contributed by atoms with van der Waals surface area (Å²) in [4.78, 5) is 4.30. The van der Waals surface area contributed by atoms with Crippen LogP contribution in [-0.4, -0.2) is 38.4 Å². The molecule has 0 saturated heterocycles. The minimum Gasteiger partial charge on any atom is -0.474 e. The summed E-state index contributed by atoms with van der Waals surface area (Å²) in [6.45, 7) is 3.08. The molecule has 1 N–H and O–H groups in total. The number of hydrogen-bond donors (Lipinski definition) is 1. The highest BCUT2D eigenvalue weighted by Gasteiger charge is 2.31. The lowest BCUT2D eigenvalue weighted by Gasteiger charge is -2.28. The highest BCUT2D eigenvalue weighted by Crippen LogP contribution is 2.36. The van der Waals surface area contributed by atoms with E-state index < -0.39 is 0 Å². The van der Waals surface area contributed by atoms with Crippen LogP contribution in [-0.2, 0) is 12.8 Å². The number of rotatable bonds is 5. The van der Waals surface area contributed by atoms with Crippen molar-refractivity contribution in [2.45, 2.75) is 63.5 Å². The van der Waals surface area contributed by atoms with Gasteiger partial charge in [0.25, 0.3) is 0 Å². The molecule has 5 rings (SSSR count). The molecular formula is C24H28ClN5O. The van der Waals surface area contributed by atoms with Gasteiger partial charge in [0.2, 0.25) is 5.88 Å². The first-order valence-electron chi connectivity index (χ1n) is 11.2. The molecule has 7 heteroatoms. The van der Waals surface area contributed by atoms with Crippen molar-refractivity contribution in [1.29, 1.82) is 0 Å². The Balaban J connectivity index is 1.39. The van der Waals surface area contributed by atoms with Crippen LogP contribution in [0.25, 0.3) is 5.69 Å². The Morgan fingerprint density at radius 3 is 2.74 bits per heavy atom. The predicted octanol–water partition coefficient (Wildman–Crippen LogP) is 4.50. The molecule has 1 fully saturated rings. The van der Waals surface area contributed by atoms with E-state index in [-0.39, 0.29) is 6.10 Å². The van der Waals surface area contributed by atoms with E-state index in [4.69, 9.17) is 16.3 Å². The lowest BCUT2D eigenvalue weighted by Crippen LogP contribution is -2.32. The molecule has 2 aliphatic rings. The fourth-order valence-corrected chi connectivity index (χ4v) is 5.14. The molecule has 31 heavy (non-hydrogen) atoms. The number of benzene rings is 1. The topological polar surface area (TPSA) is 64.9 Å². The molecule has 0 unspecified atom stereocenters. The van der Waals surface area contributed by atoms with Gasteiger partial charge < -0.3 is 10.1 Å². The molecule has 3 aromatic rings. The van der Waals surface area contributed by atoms with Crippen molar-refractivity contribution in [2.24, 2.45) is 0 Å². The van der Waals surface area contributed by atoms with E-state index >= 15 is 0 Å². The third kappa shape index (κ3) is 4.32. The van der Waals surface area contributed by atoms with Crippen LogP contribution >= 0.6 is 11.6 Å². The van der Waals surface area contributed by atoms with Crippen LogP contribution in [0.3, 0.4) is 0 Å². The van der Waals surface area contributed by atoms with Crippen molar-refractivity contribution >= 4 is 11.6 Å². The Bertz CT molecular complexity index is 1030. The standard InChI is InChI=1S/C24H28ClN5O/c1-2-26-19-14-17-13-18(25)8-11-21(17)30-22(15-19)28-29-24(30)16-6-9-20(10-7-16)31-23-5-3-4-12-27-23/h3-5,8,11-13,16,19-20,26H,2,6-7,9-10,14-15H2,1H3/t16-,19-,20-/m1/s1. The maximum atomic E-state index is 6.35. The fourth-order valence-electron chi connectivity index (χ4n) is 4.94. The van der Waals surface area contributed by atoms with Crippen LogP contribution in [0.5, 0.6) is 5.88 Å². The van der Waals surface area contributed by atoms with E-state index in [9.17, 15) is 0 Å². The fraction of sp³-hybridized carbons (Fsp3) is 0.458. The highest BCUT2D eigenvalue weighted by atomic mass is 35.5. The van der Waals surface area contributed by atoms with Gasteiger partial charge in [-0.25, -0.2) is 4.98 Å². The zero-order valence-corrected chi connectivity index (χ0v) is 18.6. The van der Waals surface area contributed by atoms with Crippen LogP contribution in [0, 0.1) is 0 Å². The summed E-state index contributed by atoms with van der Waals surface area (Å²) in [6.07, 6.45) is 7.86. The van der Waals surface area contributed by atoms with Gasteiger partial charge in [0, 0.05) is 35.7 Å². The van der Waals surface area contributed by atoms with E-state index in [1.54, 1.807) is 6.20 Å². The van der Waals surface area contributed by atoms with E-state index in [0.29, 0.717) is 17.8 Å². The smallest absolute Gasteiger partial charge is 0.213 e. The molecule has 6 nitrogen and oxygen atoms in total. The maximum absolute atomic E-state index is 6.35. The number of pyridine rings is 1. The van der Waals surface area contributed by atoms with Gasteiger partial charge in [-0.15, -0.1) is 10.2 Å². The molecule has 0 radical (unpaired) electrons. The van der Waals surface area contributed by atoms with Crippen molar-refractivity contribution < 1.29 is 4.74 Å². The van der Waals surface area contributed by atoms with E-state index in [0.717, 1.165) is 61.7 Å². The van der Waals surface area contributed by atoms with Gasteiger partial charge in [0.15, 0.2) is 0 Å². The van der Waals surface area contributed by atoms with Crippen LogP contribution in [0.1, 0.15) is 55.7 Å². The third-order valence-corrected chi connectivity index (χ3v) is 6.63. The first-order chi connectivity index (χ1) is 15.2. The lowest BCUT2D eigenvalue weighted by molar-refractivity contribution is 0.139. The summed E-state index contributed by atoms with van der Waals surface area (Å²) in [6, 6.07) is 12.3. The normalized spacial score (nSPS) is 23.0. The number of hydrogen-bond acceptors (Lipinski definition) is 5. The molecule has 1 saturated carbocycles. The Morgan fingerprint density at radius 1 is 1.10 bits per heavy atom. The Kier molecular flexibility index (Phi) is 5.92. The van der Waals surface area contributed by atoms with Crippen molar-refractivity contribution in [3.05, 3.63) is 64.8 Å². The molecule has 162 valence electrons. The van der Waals surface area contributed by atoms with Crippen molar-refractivity contribution in [2.75, 3.05) is 6.54 Å². The number of nitrogens with one attached hydrogen (secondary N) is 1. The van der Waals surface area contributed by atoms with Crippen molar-refractivity contribution in [3.8, 4) is 11.6 Å². The quantitative estimate of drug-likeness (QED) is 0.636. The second-order valence-corrected chi connectivity index (χ2v) is 8.94. The monoisotopic (exact) mass is 437 g/mol. The summed E-state index contributed by atoms with van der Waals surface area (Å²) >= 11 is 6.35. The third-order valence-electron chi connectivity index (χ3n) is 6.39. The number of ether oxygens (including phenoxy) is 1. The highest BCUT2D eigenvalue weighted by molar-refractivity contribution is 6.30. The van der Waals surface area contributed by atoms with E-state index in [1.165, 1.54) is 11.3 Å². The summed E-state index contributed by atoms with van der Waals surface area (Å²) in [7, 11) is 0. The van der Waals surface area contributed by atoms with Gasteiger partial charge in [-0.05, 0) is 68.5 Å². The lowest BCUT2D eigenvalue weighted by atomic mass is 9.86. The molecular weight excluding hydrogens is 410 g/mol. The largest absolute Gasteiger partial charge is 0.474 e. The van der Waals surface area contributed by atoms with Crippen LogP contribution in [0.2, 0.25) is 5.02 Å². The second-order valence-electron chi connectivity index (χ2n) is 8.51. The van der Waals surface area contributed by atoms with Gasteiger partial charge in [-0.1, -0.05) is 24.6 Å². The summed E-state index contributed by atoms with van der Waals surface area (Å²) in [5, 5.41) is 13.7. The van der Waals surface area contributed by atoms with Crippen molar-refractivity contribution in [3.63, 3.8) is 0 Å². The van der Waals surface area contributed by atoms with E-state index in [1.807, 2.05) is 24.3 Å². The van der Waals surface area contributed by atoms with Crippen LogP contribution < -0.4 is 10.1 Å². The van der Waals surface area contributed by atoms with Crippen LogP contribution in [0.15, 0.2) is 42.6 Å². The molecule has 1 aliphatic carbocycles. The zero-order chi connectivity index (χ0) is 21.2. The SMILES string of the molecule is CCN[C@@H]1Cc2cc(Cl)ccc2-n2c(nnc2[C@H]2CC[C@H](Oc3ccccn3)CC2)C1. The summed E-state index contributed by atoms with van der Waals surface area (Å²) in [5.41, 5.74) is 2.43. The molecule has 1 aromatic carbocycles. The average Bonchev–Trinajstić information content (AvgIpc) is 3.12. The van der Waals surface area contributed by atoms with Gasteiger partial charge in [-0.2, -0.15) is 0 Å². The maximum Gasteiger partial charge on any atom is 0.213 e. The molecule has 1 atom stereocenters. The number of aromatic nitrogens is 4. The Hall–Kier alpha value is -2.44. The van der Waals surface area contributed by atoms with Crippen LogP contribution in [0.4, 0.5) is 0 Å². The van der Waals surface area contributed by atoms with Gasteiger partial charge in [0.1, 0.15) is 17.8 Å². The first-order valence-corrected chi connectivity index (χ1v) is 11.6. The molecule has 2 aromatic heterocycles. The number of nitrogens with zero attached hydrogens (tertiary/aromatic N) is 4.